The van der Waals surface area contributed by atoms with Crippen molar-refractivity contribution in [3.63, 3.8) is 0 Å². The van der Waals surface area contributed by atoms with Gasteiger partial charge in [-0.25, -0.2) is 23.1 Å². The number of carbonyl (C=O) groups is 2. The molecule has 100 valence electrons. The average molecular weight is 267 g/mol. The van der Waals surface area contributed by atoms with Crippen LogP contribution < -0.4 is 15.8 Å². The first-order chi connectivity index (χ1) is 7.63. The minimum Gasteiger partial charge on any atom is -0.480 e. The molecule has 0 saturated carbocycles. The minimum absolute atomic E-state index is 0.172. The van der Waals surface area contributed by atoms with Gasteiger partial charge in [0.15, 0.2) is 0 Å². The first kappa shape index (κ1) is 15.7. The van der Waals surface area contributed by atoms with Gasteiger partial charge in [-0.3, -0.25) is 0 Å². The molecule has 0 aromatic carbocycles. The Bertz CT molecular complexity index is 379. The molecule has 0 aliphatic rings. The van der Waals surface area contributed by atoms with Crippen LogP contribution in [0.1, 0.15) is 13.8 Å². The SMILES string of the molecule is CC(C)C(NC(=O)NCCS(N)(=O)=O)C(=O)O. The summed E-state index contributed by atoms with van der Waals surface area (Å²) in [4.78, 5) is 22.0. The summed E-state index contributed by atoms with van der Waals surface area (Å²) in [5, 5.41) is 17.9. The number of primary sulfonamides is 1. The van der Waals surface area contributed by atoms with Crippen LogP contribution in [0.3, 0.4) is 0 Å². The second kappa shape index (κ2) is 6.40. The van der Waals surface area contributed by atoms with Crippen LogP contribution in [-0.4, -0.2) is 43.9 Å². The van der Waals surface area contributed by atoms with E-state index in [1.54, 1.807) is 13.8 Å². The van der Waals surface area contributed by atoms with Crippen molar-refractivity contribution in [2.24, 2.45) is 11.1 Å². The fourth-order valence-corrected chi connectivity index (χ4v) is 1.40. The zero-order valence-electron chi connectivity index (χ0n) is 9.63. The molecule has 1 unspecified atom stereocenters. The molecule has 5 N–H and O–H groups in total. The Balaban J connectivity index is 4.13. The van der Waals surface area contributed by atoms with Gasteiger partial charge < -0.3 is 15.7 Å². The first-order valence-electron chi connectivity index (χ1n) is 4.91. The van der Waals surface area contributed by atoms with Crippen LogP contribution in [0.5, 0.6) is 0 Å². The maximum atomic E-state index is 11.2. The van der Waals surface area contributed by atoms with Gasteiger partial charge in [0.2, 0.25) is 10.0 Å². The predicted molar refractivity (Wildman–Crippen MR) is 60.8 cm³/mol. The fraction of sp³-hybridized carbons (Fsp3) is 0.750. The Morgan fingerprint density at radius 3 is 2.24 bits per heavy atom. The number of sulfonamides is 1. The lowest BCUT2D eigenvalue weighted by Crippen LogP contribution is -2.49. The van der Waals surface area contributed by atoms with Gasteiger partial charge in [-0.05, 0) is 5.92 Å². The number of hydrogen-bond donors (Lipinski definition) is 4. The zero-order valence-corrected chi connectivity index (χ0v) is 10.5. The van der Waals surface area contributed by atoms with Crippen LogP contribution in [0.2, 0.25) is 0 Å². The lowest BCUT2D eigenvalue weighted by molar-refractivity contribution is -0.140. The van der Waals surface area contributed by atoms with Crippen molar-refractivity contribution in [1.82, 2.24) is 10.6 Å². The van der Waals surface area contributed by atoms with Crippen molar-refractivity contribution in [3.05, 3.63) is 0 Å². The maximum Gasteiger partial charge on any atom is 0.326 e. The Hall–Kier alpha value is -1.35. The van der Waals surface area contributed by atoms with Crippen LogP contribution in [0.25, 0.3) is 0 Å². The molecule has 0 bridgehead atoms. The Morgan fingerprint density at radius 1 is 1.35 bits per heavy atom. The highest BCUT2D eigenvalue weighted by Gasteiger charge is 2.23. The van der Waals surface area contributed by atoms with Gasteiger partial charge in [0.05, 0.1) is 5.75 Å². The third-order valence-electron chi connectivity index (χ3n) is 1.89. The van der Waals surface area contributed by atoms with E-state index in [1.165, 1.54) is 0 Å². The van der Waals surface area contributed by atoms with Crippen molar-refractivity contribution >= 4 is 22.0 Å². The molecule has 0 rings (SSSR count). The van der Waals surface area contributed by atoms with Crippen LogP contribution in [0.15, 0.2) is 0 Å². The molecule has 9 heteroatoms. The molecule has 0 fully saturated rings. The van der Waals surface area contributed by atoms with Gasteiger partial charge in [-0.1, -0.05) is 13.8 Å². The van der Waals surface area contributed by atoms with Crippen molar-refractivity contribution < 1.29 is 23.1 Å². The number of aliphatic carboxylic acids is 1. The quantitative estimate of drug-likeness (QED) is 0.473. The van der Waals surface area contributed by atoms with Crippen LogP contribution in [-0.2, 0) is 14.8 Å². The summed E-state index contributed by atoms with van der Waals surface area (Å²) in [5.74, 6) is -1.84. The number of rotatable bonds is 6. The van der Waals surface area contributed by atoms with Gasteiger partial charge in [-0.2, -0.15) is 0 Å². The number of nitrogens with two attached hydrogens (primary N) is 1. The van der Waals surface area contributed by atoms with E-state index in [0.29, 0.717) is 0 Å². The van der Waals surface area contributed by atoms with Crippen LogP contribution in [0.4, 0.5) is 4.79 Å². The van der Waals surface area contributed by atoms with Gasteiger partial charge in [0.25, 0.3) is 0 Å². The summed E-state index contributed by atoms with van der Waals surface area (Å²) in [6.07, 6.45) is 0. The van der Waals surface area contributed by atoms with Crippen molar-refractivity contribution in [3.8, 4) is 0 Å². The highest BCUT2D eigenvalue weighted by Crippen LogP contribution is 2.00. The molecular weight excluding hydrogens is 250 g/mol. The molecule has 0 saturated heterocycles. The number of nitrogens with one attached hydrogen (secondary N) is 2. The molecule has 0 aliphatic heterocycles. The molecular formula is C8H17N3O5S. The Morgan fingerprint density at radius 2 is 1.88 bits per heavy atom. The largest absolute Gasteiger partial charge is 0.480 e. The molecule has 0 aromatic rings. The number of carbonyl (C=O) groups excluding carboxylic acids is 1. The van der Waals surface area contributed by atoms with E-state index >= 15 is 0 Å². The molecule has 0 aromatic heterocycles. The second-order valence-corrected chi connectivity index (χ2v) is 5.56. The van der Waals surface area contributed by atoms with E-state index in [4.69, 9.17) is 10.2 Å². The summed E-state index contributed by atoms with van der Waals surface area (Å²) in [5.41, 5.74) is 0. The van der Waals surface area contributed by atoms with Crippen LogP contribution in [0, 0.1) is 5.92 Å². The second-order valence-electron chi connectivity index (χ2n) is 3.83. The van der Waals surface area contributed by atoms with E-state index in [2.05, 4.69) is 10.6 Å². The summed E-state index contributed by atoms with van der Waals surface area (Å²) in [6.45, 7) is 3.11. The van der Waals surface area contributed by atoms with Crippen molar-refractivity contribution in [2.75, 3.05) is 12.3 Å². The van der Waals surface area contributed by atoms with E-state index in [9.17, 15) is 18.0 Å². The van der Waals surface area contributed by atoms with Gasteiger partial charge in [-0.15, -0.1) is 0 Å². The number of carboxylic acid groups (broad SMARTS) is 1. The summed E-state index contributed by atoms with van der Waals surface area (Å²) in [7, 11) is -3.64. The molecule has 0 spiro atoms. The van der Waals surface area contributed by atoms with Gasteiger partial charge >= 0.3 is 12.0 Å². The minimum atomic E-state index is -3.64. The first-order valence-corrected chi connectivity index (χ1v) is 6.62. The lowest BCUT2D eigenvalue weighted by atomic mass is 10.1. The molecule has 17 heavy (non-hydrogen) atoms. The number of amides is 2. The topological polar surface area (TPSA) is 139 Å². The smallest absolute Gasteiger partial charge is 0.326 e. The Kier molecular flexibility index (Phi) is 5.89. The highest BCUT2D eigenvalue weighted by atomic mass is 32.2. The molecule has 0 aliphatic carbocycles. The van der Waals surface area contributed by atoms with E-state index in [-0.39, 0.29) is 12.5 Å². The fourth-order valence-electron chi connectivity index (χ4n) is 1.01. The predicted octanol–water partition coefficient (Wildman–Crippen LogP) is -1.32. The number of hydrogen-bond acceptors (Lipinski definition) is 4. The monoisotopic (exact) mass is 267 g/mol. The maximum absolute atomic E-state index is 11.2. The normalized spacial score (nSPS) is 13.2. The zero-order chi connectivity index (χ0) is 13.6. The van der Waals surface area contributed by atoms with Crippen molar-refractivity contribution in [2.45, 2.75) is 19.9 Å². The van der Waals surface area contributed by atoms with Gasteiger partial charge in [0, 0.05) is 6.54 Å². The molecule has 1 atom stereocenters. The van der Waals surface area contributed by atoms with Crippen LogP contribution >= 0.6 is 0 Å². The van der Waals surface area contributed by atoms with E-state index in [1.807, 2.05) is 0 Å². The van der Waals surface area contributed by atoms with Crippen molar-refractivity contribution in [1.29, 1.82) is 0 Å². The summed E-state index contributed by atoms with van der Waals surface area (Å²) in [6, 6.07) is -1.76. The van der Waals surface area contributed by atoms with E-state index in [0.717, 1.165) is 0 Å². The van der Waals surface area contributed by atoms with E-state index < -0.39 is 33.8 Å². The summed E-state index contributed by atoms with van der Waals surface area (Å²) >= 11 is 0. The Labute approximate surface area is 99.6 Å². The third-order valence-corrected chi connectivity index (χ3v) is 2.66. The lowest BCUT2D eigenvalue weighted by Gasteiger charge is -2.18. The number of urea groups is 1. The molecule has 8 nitrogen and oxygen atoms in total. The standard InChI is InChI=1S/C8H17N3O5S/c1-5(2)6(7(12)13)11-8(14)10-3-4-17(9,15)16/h5-6H,3-4H2,1-2H3,(H,12,13)(H2,9,15,16)(H2,10,11,14). The molecule has 0 heterocycles. The highest BCUT2D eigenvalue weighted by molar-refractivity contribution is 7.89. The third kappa shape index (κ3) is 7.53. The summed E-state index contributed by atoms with van der Waals surface area (Å²) < 4.78 is 21.1. The molecule has 0 radical (unpaired) electrons. The van der Waals surface area contributed by atoms with Gasteiger partial charge in [0.1, 0.15) is 6.04 Å². The average Bonchev–Trinajstić information content (AvgIpc) is 2.10. The number of carboxylic acids is 1. The molecule has 2 amide bonds.